The molecule has 0 fully saturated rings. The van der Waals surface area contributed by atoms with E-state index in [4.69, 9.17) is 5.73 Å². The van der Waals surface area contributed by atoms with Gasteiger partial charge in [0.2, 0.25) is 5.91 Å². The zero-order valence-corrected chi connectivity index (χ0v) is 16.1. The van der Waals surface area contributed by atoms with E-state index in [2.05, 4.69) is 4.98 Å². The Bertz CT molecular complexity index is 1050. The third-order valence-electron chi connectivity index (χ3n) is 4.12. The maximum atomic E-state index is 13.1. The van der Waals surface area contributed by atoms with Crippen LogP contribution in [0.1, 0.15) is 18.1 Å². The number of thioether (sulfide) groups is 1. The SMILES string of the molecule is CC(Sc1nc2cc(C(F)(F)F)ccc2n1Cc1ccccc1)C(=O)NC(N)=O. The van der Waals surface area contributed by atoms with Crippen molar-refractivity contribution in [1.29, 1.82) is 0 Å². The summed E-state index contributed by atoms with van der Waals surface area (Å²) in [5, 5.41) is 1.60. The first-order chi connectivity index (χ1) is 13.6. The normalized spacial score (nSPS) is 12.7. The predicted molar refractivity (Wildman–Crippen MR) is 103 cm³/mol. The van der Waals surface area contributed by atoms with Crippen LogP contribution in [0.2, 0.25) is 0 Å². The fourth-order valence-electron chi connectivity index (χ4n) is 2.73. The van der Waals surface area contributed by atoms with Crippen molar-refractivity contribution in [2.75, 3.05) is 0 Å². The number of nitrogens with one attached hydrogen (secondary N) is 1. The molecule has 1 atom stereocenters. The first-order valence-corrected chi connectivity index (χ1v) is 9.41. The molecule has 0 radical (unpaired) electrons. The van der Waals surface area contributed by atoms with E-state index in [0.717, 1.165) is 29.5 Å². The number of halogens is 3. The zero-order chi connectivity index (χ0) is 21.2. The second-order valence-corrected chi connectivity index (χ2v) is 7.59. The summed E-state index contributed by atoms with van der Waals surface area (Å²) in [4.78, 5) is 27.2. The largest absolute Gasteiger partial charge is 0.416 e. The van der Waals surface area contributed by atoms with Gasteiger partial charge in [-0.25, -0.2) is 9.78 Å². The van der Waals surface area contributed by atoms with Gasteiger partial charge in [0, 0.05) is 0 Å². The van der Waals surface area contributed by atoms with E-state index in [1.54, 1.807) is 11.5 Å². The third-order valence-corrected chi connectivity index (χ3v) is 5.21. The summed E-state index contributed by atoms with van der Waals surface area (Å²) in [5.74, 6) is -0.614. The lowest BCUT2D eigenvalue weighted by Crippen LogP contribution is -2.39. The summed E-state index contributed by atoms with van der Waals surface area (Å²) in [6.07, 6.45) is -4.49. The number of aromatic nitrogens is 2. The van der Waals surface area contributed by atoms with Crippen molar-refractivity contribution in [3.05, 3.63) is 59.7 Å². The first-order valence-electron chi connectivity index (χ1n) is 8.53. The number of fused-ring (bicyclic) bond motifs is 1. The Kier molecular flexibility index (Phi) is 5.83. The molecular weight excluding hydrogens is 405 g/mol. The van der Waals surface area contributed by atoms with Crippen LogP contribution in [0.5, 0.6) is 0 Å². The fourth-order valence-corrected chi connectivity index (χ4v) is 3.65. The van der Waals surface area contributed by atoms with Gasteiger partial charge in [-0.3, -0.25) is 10.1 Å². The minimum absolute atomic E-state index is 0.167. The van der Waals surface area contributed by atoms with Gasteiger partial charge in [-0.1, -0.05) is 42.1 Å². The van der Waals surface area contributed by atoms with Crippen LogP contribution in [0, 0.1) is 0 Å². The number of nitrogens with two attached hydrogens (primary N) is 1. The smallest absolute Gasteiger partial charge is 0.351 e. The topological polar surface area (TPSA) is 90.0 Å². The minimum atomic E-state index is -4.49. The number of amides is 3. The van der Waals surface area contributed by atoms with Crippen LogP contribution >= 0.6 is 11.8 Å². The molecule has 6 nitrogen and oxygen atoms in total. The molecule has 3 aromatic rings. The van der Waals surface area contributed by atoms with Crippen LogP contribution in [0.15, 0.2) is 53.7 Å². The quantitative estimate of drug-likeness (QED) is 0.613. The van der Waals surface area contributed by atoms with Crippen LogP contribution in [0.4, 0.5) is 18.0 Å². The highest BCUT2D eigenvalue weighted by Gasteiger charge is 2.31. The molecule has 3 rings (SSSR count). The lowest BCUT2D eigenvalue weighted by Gasteiger charge is -2.13. The van der Waals surface area contributed by atoms with E-state index in [1.807, 2.05) is 35.6 Å². The molecule has 0 spiro atoms. The number of hydrogen-bond donors (Lipinski definition) is 2. The average Bonchev–Trinajstić information content (AvgIpc) is 2.97. The Morgan fingerprint density at radius 3 is 2.52 bits per heavy atom. The molecule has 0 aliphatic heterocycles. The number of benzene rings is 2. The number of rotatable bonds is 5. The highest BCUT2D eigenvalue weighted by atomic mass is 32.2. The highest BCUT2D eigenvalue weighted by molar-refractivity contribution is 8.00. The summed E-state index contributed by atoms with van der Waals surface area (Å²) in [6.45, 7) is 1.91. The van der Waals surface area contributed by atoms with Crippen LogP contribution in [0.25, 0.3) is 11.0 Å². The molecule has 1 aromatic heterocycles. The summed E-state index contributed by atoms with van der Waals surface area (Å²) in [6, 6.07) is 11.7. The number of primary amides is 1. The first kappa shape index (κ1) is 20.7. The third kappa shape index (κ3) is 4.89. The molecule has 0 aliphatic carbocycles. The van der Waals surface area contributed by atoms with Crippen molar-refractivity contribution in [3.63, 3.8) is 0 Å². The van der Waals surface area contributed by atoms with Crippen LogP contribution in [-0.2, 0) is 17.5 Å². The molecule has 0 aliphatic rings. The van der Waals surface area contributed by atoms with Crippen LogP contribution in [-0.4, -0.2) is 26.7 Å². The van der Waals surface area contributed by atoms with E-state index in [-0.39, 0.29) is 5.52 Å². The van der Waals surface area contributed by atoms with Crippen LogP contribution in [0.3, 0.4) is 0 Å². The maximum absolute atomic E-state index is 13.1. The van der Waals surface area contributed by atoms with Crippen molar-refractivity contribution in [2.45, 2.75) is 30.1 Å². The number of imide groups is 1. The monoisotopic (exact) mass is 422 g/mol. The molecule has 0 bridgehead atoms. The predicted octanol–water partition coefficient (Wildman–Crippen LogP) is 3.78. The molecule has 10 heteroatoms. The highest BCUT2D eigenvalue weighted by Crippen LogP contribution is 2.34. The van der Waals surface area contributed by atoms with E-state index >= 15 is 0 Å². The number of urea groups is 1. The van der Waals surface area contributed by atoms with Crippen molar-refractivity contribution in [2.24, 2.45) is 5.73 Å². The molecule has 152 valence electrons. The number of hydrogen-bond acceptors (Lipinski definition) is 4. The Labute approximate surface area is 168 Å². The molecule has 0 saturated heterocycles. The second-order valence-electron chi connectivity index (χ2n) is 6.28. The second kappa shape index (κ2) is 8.16. The zero-order valence-electron chi connectivity index (χ0n) is 15.2. The van der Waals surface area contributed by atoms with Gasteiger partial charge in [-0.15, -0.1) is 0 Å². The Hall–Kier alpha value is -3.01. The van der Waals surface area contributed by atoms with Gasteiger partial charge < -0.3 is 10.3 Å². The van der Waals surface area contributed by atoms with Gasteiger partial charge in [-0.2, -0.15) is 13.2 Å². The van der Waals surface area contributed by atoms with Crippen molar-refractivity contribution >= 4 is 34.7 Å². The number of carbonyl (C=O) groups excluding carboxylic acids is 2. The maximum Gasteiger partial charge on any atom is 0.416 e. The van der Waals surface area contributed by atoms with Gasteiger partial charge in [0.05, 0.1) is 28.4 Å². The van der Waals surface area contributed by atoms with E-state index in [9.17, 15) is 22.8 Å². The Morgan fingerprint density at radius 2 is 1.90 bits per heavy atom. The standard InChI is InChI=1S/C19H17F3N4O2S/c1-11(16(27)25-17(23)28)29-18-24-14-9-13(19(20,21)22)7-8-15(14)26(18)10-12-5-3-2-4-6-12/h2-9,11H,10H2,1H3,(H3,23,25,27,28). The van der Waals surface area contributed by atoms with Crippen molar-refractivity contribution < 1.29 is 22.8 Å². The minimum Gasteiger partial charge on any atom is -0.351 e. The van der Waals surface area contributed by atoms with E-state index in [0.29, 0.717) is 17.2 Å². The molecule has 2 aromatic carbocycles. The summed E-state index contributed by atoms with van der Waals surface area (Å²) >= 11 is 1.03. The Morgan fingerprint density at radius 1 is 1.21 bits per heavy atom. The molecule has 29 heavy (non-hydrogen) atoms. The van der Waals surface area contributed by atoms with Crippen molar-refractivity contribution in [3.8, 4) is 0 Å². The molecule has 1 heterocycles. The summed E-state index contributed by atoms with van der Waals surface area (Å²) < 4.78 is 41.0. The van der Waals surface area contributed by atoms with Gasteiger partial charge >= 0.3 is 12.2 Å². The van der Waals surface area contributed by atoms with Gasteiger partial charge in [0.25, 0.3) is 0 Å². The number of carbonyl (C=O) groups is 2. The van der Waals surface area contributed by atoms with Gasteiger partial charge in [0.15, 0.2) is 5.16 Å². The van der Waals surface area contributed by atoms with Crippen LogP contribution < -0.4 is 11.1 Å². The fraction of sp³-hybridized carbons (Fsp3) is 0.211. The number of alkyl halides is 3. The lowest BCUT2D eigenvalue weighted by molar-refractivity contribution is -0.137. The van der Waals surface area contributed by atoms with Crippen molar-refractivity contribution in [1.82, 2.24) is 14.9 Å². The Balaban J connectivity index is 2.02. The van der Waals surface area contributed by atoms with E-state index in [1.165, 1.54) is 6.07 Å². The molecule has 1 unspecified atom stereocenters. The average molecular weight is 422 g/mol. The number of nitrogens with zero attached hydrogens (tertiary/aromatic N) is 2. The summed E-state index contributed by atoms with van der Waals surface area (Å²) in [5.41, 5.74) is 5.76. The van der Waals surface area contributed by atoms with Gasteiger partial charge in [-0.05, 0) is 30.7 Å². The van der Waals surface area contributed by atoms with E-state index < -0.39 is 28.9 Å². The molecule has 3 amide bonds. The van der Waals surface area contributed by atoms with Gasteiger partial charge in [0.1, 0.15) is 0 Å². The molecular formula is C19H17F3N4O2S. The molecule has 3 N–H and O–H groups in total. The lowest BCUT2D eigenvalue weighted by atomic mass is 10.2. The molecule has 0 saturated carbocycles. The summed E-state index contributed by atoms with van der Waals surface area (Å²) in [7, 11) is 0. The number of imidazole rings is 1.